The molecule has 3 heterocycles. The molecule has 2 fully saturated rings. The van der Waals surface area contributed by atoms with E-state index in [4.69, 9.17) is 0 Å². The number of hydrogen-bond acceptors (Lipinski definition) is 5. The van der Waals surface area contributed by atoms with E-state index in [1.807, 2.05) is 12.1 Å². The summed E-state index contributed by atoms with van der Waals surface area (Å²) in [7, 11) is 2.19. The number of amides is 1. The number of piperazine rings is 1. The Morgan fingerprint density at radius 3 is 2.65 bits per heavy atom. The molecule has 0 saturated carbocycles. The number of carbonyl (C=O) groups is 1. The van der Waals surface area contributed by atoms with Gasteiger partial charge in [-0.25, -0.2) is 4.98 Å². The second kappa shape index (κ2) is 9.33. The van der Waals surface area contributed by atoms with E-state index in [1.165, 1.54) is 25.8 Å². The predicted molar refractivity (Wildman–Crippen MR) is 106 cm³/mol. The quantitative estimate of drug-likeness (QED) is 0.840. The molecule has 0 radical (unpaired) electrons. The second-order valence-corrected chi connectivity index (χ2v) is 7.50. The first-order valence-electron chi connectivity index (χ1n) is 10.1. The van der Waals surface area contributed by atoms with Gasteiger partial charge in [0, 0.05) is 45.0 Å². The minimum absolute atomic E-state index is 0.0154. The average molecular weight is 360 g/mol. The van der Waals surface area contributed by atoms with Crippen LogP contribution in [0.2, 0.25) is 0 Å². The predicted octanol–water partition coefficient (Wildman–Crippen LogP) is 1.83. The van der Waals surface area contributed by atoms with E-state index in [0.717, 1.165) is 51.5 Å². The Labute approximate surface area is 157 Å². The standard InChI is InChI=1S/C20H33N5O/c1-3-24-12-14-25(15-13-24)19-8-7-17(16-22-19)20(26)21-10-9-18-6-4-5-11-23(18)2/h7-8,16,18H,3-6,9-15H2,1-2H3,(H,21,26)/t18-/m0/s1. The van der Waals surface area contributed by atoms with E-state index in [-0.39, 0.29) is 5.91 Å². The molecular weight excluding hydrogens is 326 g/mol. The van der Waals surface area contributed by atoms with Crippen LogP contribution in [0.5, 0.6) is 0 Å². The van der Waals surface area contributed by atoms with Crippen molar-refractivity contribution in [2.24, 2.45) is 0 Å². The lowest BCUT2D eigenvalue weighted by Gasteiger charge is -2.34. The molecule has 0 unspecified atom stereocenters. The number of carbonyl (C=O) groups excluding carboxylic acids is 1. The zero-order valence-corrected chi connectivity index (χ0v) is 16.3. The summed E-state index contributed by atoms with van der Waals surface area (Å²) < 4.78 is 0. The number of rotatable bonds is 6. The van der Waals surface area contributed by atoms with Gasteiger partial charge in [0.2, 0.25) is 0 Å². The van der Waals surface area contributed by atoms with Crippen LogP contribution in [0.4, 0.5) is 5.82 Å². The maximum absolute atomic E-state index is 12.4. The Bertz CT molecular complexity index is 568. The van der Waals surface area contributed by atoms with E-state index in [9.17, 15) is 4.79 Å². The van der Waals surface area contributed by atoms with Gasteiger partial charge < -0.3 is 20.0 Å². The summed E-state index contributed by atoms with van der Waals surface area (Å²) in [6.45, 7) is 9.38. The third-order valence-corrected chi connectivity index (χ3v) is 5.84. The van der Waals surface area contributed by atoms with Gasteiger partial charge in [-0.3, -0.25) is 4.79 Å². The molecule has 1 aromatic rings. The highest BCUT2D eigenvalue weighted by atomic mass is 16.1. The van der Waals surface area contributed by atoms with Gasteiger partial charge in [0.25, 0.3) is 5.91 Å². The molecule has 1 aromatic heterocycles. The highest BCUT2D eigenvalue weighted by Crippen LogP contribution is 2.17. The Balaban J connectivity index is 1.45. The zero-order valence-electron chi connectivity index (χ0n) is 16.3. The van der Waals surface area contributed by atoms with E-state index in [1.54, 1.807) is 6.20 Å². The summed E-state index contributed by atoms with van der Waals surface area (Å²) in [5, 5.41) is 3.05. The van der Waals surface area contributed by atoms with Gasteiger partial charge in [-0.15, -0.1) is 0 Å². The third kappa shape index (κ3) is 4.95. The molecule has 0 aliphatic carbocycles. The monoisotopic (exact) mass is 359 g/mol. The van der Waals surface area contributed by atoms with Crippen molar-refractivity contribution in [1.29, 1.82) is 0 Å². The molecule has 144 valence electrons. The molecule has 2 aliphatic heterocycles. The summed E-state index contributed by atoms with van der Waals surface area (Å²) >= 11 is 0. The Morgan fingerprint density at radius 2 is 2.00 bits per heavy atom. The van der Waals surface area contributed by atoms with Crippen molar-refractivity contribution >= 4 is 11.7 Å². The number of hydrogen-bond donors (Lipinski definition) is 1. The van der Waals surface area contributed by atoms with Crippen LogP contribution >= 0.6 is 0 Å². The van der Waals surface area contributed by atoms with Crippen molar-refractivity contribution in [1.82, 2.24) is 20.1 Å². The van der Waals surface area contributed by atoms with Crippen LogP contribution in [0.25, 0.3) is 0 Å². The fourth-order valence-corrected chi connectivity index (χ4v) is 3.96. The minimum atomic E-state index is -0.0154. The molecule has 0 spiro atoms. The van der Waals surface area contributed by atoms with Gasteiger partial charge in [-0.1, -0.05) is 13.3 Å². The lowest BCUT2D eigenvalue weighted by molar-refractivity contribution is 0.0945. The summed E-state index contributed by atoms with van der Waals surface area (Å²) in [6.07, 6.45) is 6.58. The normalized spacial score (nSPS) is 22.4. The van der Waals surface area contributed by atoms with E-state index < -0.39 is 0 Å². The molecule has 3 rings (SSSR count). The Hall–Kier alpha value is -1.66. The van der Waals surface area contributed by atoms with Crippen molar-refractivity contribution in [3.05, 3.63) is 23.9 Å². The Kier molecular flexibility index (Phi) is 6.86. The number of likely N-dealkylation sites (N-methyl/N-ethyl adjacent to an activating group) is 1. The first-order chi connectivity index (χ1) is 12.7. The minimum Gasteiger partial charge on any atom is -0.354 e. The van der Waals surface area contributed by atoms with Crippen molar-refractivity contribution in [3.8, 4) is 0 Å². The molecule has 1 N–H and O–H groups in total. The van der Waals surface area contributed by atoms with Crippen LogP contribution in [-0.2, 0) is 0 Å². The topological polar surface area (TPSA) is 51.7 Å². The van der Waals surface area contributed by atoms with Crippen LogP contribution in [-0.4, -0.2) is 79.6 Å². The highest BCUT2D eigenvalue weighted by molar-refractivity contribution is 5.94. The van der Waals surface area contributed by atoms with E-state index in [0.29, 0.717) is 11.6 Å². The third-order valence-electron chi connectivity index (χ3n) is 5.84. The van der Waals surface area contributed by atoms with Crippen LogP contribution in [0.3, 0.4) is 0 Å². The number of pyridine rings is 1. The largest absolute Gasteiger partial charge is 0.354 e. The van der Waals surface area contributed by atoms with Crippen LogP contribution < -0.4 is 10.2 Å². The SMILES string of the molecule is CCN1CCN(c2ccc(C(=O)NCC[C@@H]3CCCCN3C)cn2)CC1. The number of anilines is 1. The summed E-state index contributed by atoms with van der Waals surface area (Å²) in [5.41, 5.74) is 0.651. The molecule has 6 heteroatoms. The molecule has 1 amide bonds. The highest BCUT2D eigenvalue weighted by Gasteiger charge is 2.19. The fraction of sp³-hybridized carbons (Fsp3) is 0.700. The second-order valence-electron chi connectivity index (χ2n) is 7.50. The van der Waals surface area contributed by atoms with Gasteiger partial charge in [-0.2, -0.15) is 0 Å². The molecular formula is C20H33N5O. The molecule has 2 aliphatic rings. The van der Waals surface area contributed by atoms with Crippen LogP contribution in [0, 0.1) is 0 Å². The first kappa shape index (κ1) is 19.1. The molecule has 6 nitrogen and oxygen atoms in total. The number of likely N-dealkylation sites (tertiary alicyclic amines) is 1. The molecule has 26 heavy (non-hydrogen) atoms. The molecule has 1 atom stereocenters. The smallest absolute Gasteiger partial charge is 0.252 e. The molecule has 0 bridgehead atoms. The van der Waals surface area contributed by atoms with Gasteiger partial charge in [0.05, 0.1) is 5.56 Å². The zero-order chi connectivity index (χ0) is 18.4. The lowest BCUT2D eigenvalue weighted by atomic mass is 10.0. The fourth-order valence-electron chi connectivity index (χ4n) is 3.96. The summed E-state index contributed by atoms with van der Waals surface area (Å²) in [4.78, 5) is 24.0. The van der Waals surface area contributed by atoms with Gasteiger partial charge in [-0.05, 0) is 51.5 Å². The number of piperidine rings is 1. The summed E-state index contributed by atoms with van der Waals surface area (Å²) in [5.74, 6) is 0.958. The van der Waals surface area contributed by atoms with Crippen LogP contribution in [0.1, 0.15) is 43.0 Å². The lowest BCUT2D eigenvalue weighted by Crippen LogP contribution is -2.46. The first-order valence-corrected chi connectivity index (χ1v) is 10.1. The molecule has 2 saturated heterocycles. The van der Waals surface area contributed by atoms with Crippen molar-refractivity contribution in [2.45, 2.75) is 38.6 Å². The van der Waals surface area contributed by atoms with Crippen molar-refractivity contribution in [3.63, 3.8) is 0 Å². The van der Waals surface area contributed by atoms with E-state index >= 15 is 0 Å². The molecule has 0 aromatic carbocycles. The maximum Gasteiger partial charge on any atom is 0.252 e. The van der Waals surface area contributed by atoms with Gasteiger partial charge >= 0.3 is 0 Å². The van der Waals surface area contributed by atoms with Gasteiger partial charge in [0.1, 0.15) is 5.82 Å². The number of aromatic nitrogens is 1. The Morgan fingerprint density at radius 1 is 1.19 bits per heavy atom. The number of nitrogens with one attached hydrogen (secondary N) is 1. The maximum atomic E-state index is 12.4. The van der Waals surface area contributed by atoms with Gasteiger partial charge in [0.15, 0.2) is 0 Å². The van der Waals surface area contributed by atoms with Crippen molar-refractivity contribution in [2.75, 3.05) is 57.8 Å². The number of nitrogens with zero attached hydrogens (tertiary/aromatic N) is 4. The van der Waals surface area contributed by atoms with Crippen molar-refractivity contribution < 1.29 is 4.79 Å². The van der Waals surface area contributed by atoms with Crippen LogP contribution in [0.15, 0.2) is 18.3 Å². The average Bonchev–Trinajstić information content (AvgIpc) is 2.69. The van der Waals surface area contributed by atoms with E-state index in [2.05, 4.69) is 39.0 Å². The summed E-state index contributed by atoms with van der Waals surface area (Å²) in [6, 6.07) is 4.48.